The summed E-state index contributed by atoms with van der Waals surface area (Å²) in [6.45, 7) is 4.12. The van der Waals surface area contributed by atoms with E-state index in [4.69, 9.17) is 0 Å². The minimum Gasteiger partial charge on any atom is -0.374 e. The van der Waals surface area contributed by atoms with Gasteiger partial charge in [-0.25, -0.2) is 4.98 Å². The molecule has 2 atom stereocenters. The summed E-state index contributed by atoms with van der Waals surface area (Å²) in [6.07, 6.45) is 3.82. The molecule has 0 saturated carbocycles. The summed E-state index contributed by atoms with van der Waals surface area (Å²) in [5, 5.41) is 12.4. The average molecular weight is 452 g/mol. The Kier molecular flexibility index (Phi) is 5.37. The maximum absolute atomic E-state index is 12.9. The highest BCUT2D eigenvalue weighted by molar-refractivity contribution is 5.97. The molecule has 5 nitrogen and oxygen atoms in total. The van der Waals surface area contributed by atoms with Crippen LogP contribution >= 0.6 is 0 Å². The predicted octanol–water partition coefficient (Wildman–Crippen LogP) is 4.82. The van der Waals surface area contributed by atoms with E-state index in [-0.39, 0.29) is 11.8 Å². The van der Waals surface area contributed by atoms with E-state index < -0.39 is 5.60 Å². The number of aliphatic hydroxyl groups is 1. The molecule has 1 aliphatic rings. The van der Waals surface area contributed by atoms with Gasteiger partial charge >= 0.3 is 0 Å². The summed E-state index contributed by atoms with van der Waals surface area (Å²) in [7, 11) is 3.71. The first-order valence-electron chi connectivity index (χ1n) is 11.5. The van der Waals surface area contributed by atoms with Crippen molar-refractivity contribution in [3.63, 3.8) is 0 Å². The molecule has 1 aromatic heterocycles. The monoisotopic (exact) mass is 451 g/mol. The molecule has 0 bridgehead atoms. The van der Waals surface area contributed by atoms with Crippen molar-refractivity contribution in [2.45, 2.75) is 31.8 Å². The number of hydrogen-bond acceptors (Lipinski definition) is 3. The zero-order chi connectivity index (χ0) is 24.0. The first-order valence-corrected chi connectivity index (χ1v) is 11.5. The summed E-state index contributed by atoms with van der Waals surface area (Å²) >= 11 is 0. The number of aromatic nitrogens is 2. The lowest BCUT2D eigenvalue weighted by Gasteiger charge is -2.35. The summed E-state index contributed by atoms with van der Waals surface area (Å²) in [6, 6.07) is 22.1. The molecule has 4 aromatic rings. The third kappa shape index (κ3) is 3.44. The minimum absolute atomic E-state index is 0.0753. The molecule has 1 amide bonds. The minimum atomic E-state index is -1.40. The van der Waals surface area contributed by atoms with Crippen molar-refractivity contribution in [2.75, 3.05) is 11.9 Å². The van der Waals surface area contributed by atoms with Crippen LogP contribution < -0.4 is 4.90 Å². The van der Waals surface area contributed by atoms with Gasteiger partial charge in [-0.05, 0) is 53.8 Å². The van der Waals surface area contributed by atoms with Crippen LogP contribution in [0.25, 0.3) is 0 Å². The molecule has 5 rings (SSSR count). The molecule has 0 spiro atoms. The van der Waals surface area contributed by atoms with E-state index in [1.807, 2.05) is 74.1 Å². The van der Waals surface area contributed by atoms with Gasteiger partial charge < -0.3 is 14.6 Å². The van der Waals surface area contributed by atoms with Crippen molar-refractivity contribution in [3.05, 3.63) is 118 Å². The van der Waals surface area contributed by atoms with Crippen LogP contribution in [0.2, 0.25) is 0 Å². The smallest absolute Gasteiger partial charge is 0.227 e. The van der Waals surface area contributed by atoms with Gasteiger partial charge in [-0.3, -0.25) is 4.79 Å². The molecule has 2 heterocycles. The highest BCUT2D eigenvalue weighted by Gasteiger charge is 2.39. The fourth-order valence-corrected chi connectivity index (χ4v) is 5.14. The van der Waals surface area contributed by atoms with E-state index in [2.05, 4.69) is 30.1 Å². The zero-order valence-electron chi connectivity index (χ0n) is 20.0. The Morgan fingerprint density at radius 1 is 0.941 bits per heavy atom. The molecule has 34 heavy (non-hydrogen) atoms. The largest absolute Gasteiger partial charge is 0.374 e. The number of imidazole rings is 1. The number of nitrogens with zero attached hydrogens (tertiary/aromatic N) is 3. The Labute approximate surface area is 200 Å². The van der Waals surface area contributed by atoms with Crippen molar-refractivity contribution >= 4 is 11.6 Å². The van der Waals surface area contributed by atoms with Crippen molar-refractivity contribution in [3.8, 4) is 0 Å². The SMILES string of the molecule is Cc1ccc(C(O)(c2ccc3c(c2)C(c2ccccc2C)CC(=O)N3C)c2cncn2C)cc1. The van der Waals surface area contributed by atoms with Crippen LogP contribution in [0.15, 0.2) is 79.3 Å². The van der Waals surface area contributed by atoms with E-state index in [1.165, 1.54) is 0 Å². The van der Waals surface area contributed by atoms with Crippen LogP contribution in [0.3, 0.4) is 0 Å². The molecule has 2 unspecified atom stereocenters. The molecular formula is C29H29N3O2. The lowest BCUT2D eigenvalue weighted by molar-refractivity contribution is -0.118. The summed E-state index contributed by atoms with van der Waals surface area (Å²) in [5.74, 6) is 0.0163. The van der Waals surface area contributed by atoms with Gasteiger partial charge in [0.05, 0.1) is 18.2 Å². The van der Waals surface area contributed by atoms with Crippen molar-refractivity contribution in [2.24, 2.45) is 7.05 Å². The van der Waals surface area contributed by atoms with Crippen LogP contribution in [-0.2, 0) is 17.4 Å². The molecule has 0 radical (unpaired) electrons. The predicted molar refractivity (Wildman–Crippen MR) is 134 cm³/mol. The maximum Gasteiger partial charge on any atom is 0.227 e. The highest BCUT2D eigenvalue weighted by atomic mass is 16.3. The lowest BCUT2D eigenvalue weighted by Crippen LogP contribution is -2.35. The number of fused-ring (bicyclic) bond motifs is 1. The molecule has 172 valence electrons. The van der Waals surface area contributed by atoms with E-state index in [1.54, 1.807) is 17.4 Å². The standard InChI is InChI=1S/C29H29N3O2/c1-19-9-11-21(12-10-19)29(34,27-17-30-18-31(27)3)22-13-14-26-25(15-22)24(16-28(33)32(26)4)23-8-6-5-7-20(23)2/h5-15,17-18,24,34H,16H2,1-4H3. The molecule has 1 N–H and O–H groups in total. The Hall–Kier alpha value is -3.70. The summed E-state index contributed by atoms with van der Waals surface area (Å²) < 4.78 is 1.85. The van der Waals surface area contributed by atoms with Crippen LogP contribution in [0.5, 0.6) is 0 Å². The van der Waals surface area contributed by atoms with Gasteiger partial charge in [0.1, 0.15) is 0 Å². The molecule has 1 aliphatic heterocycles. The number of carbonyl (C=O) groups excluding carboxylic acids is 1. The van der Waals surface area contributed by atoms with Crippen LogP contribution in [0.1, 0.15) is 51.4 Å². The molecule has 0 aliphatic carbocycles. The fourth-order valence-electron chi connectivity index (χ4n) is 5.14. The highest BCUT2D eigenvalue weighted by Crippen LogP contribution is 2.44. The van der Waals surface area contributed by atoms with Gasteiger partial charge in [0.2, 0.25) is 5.91 Å². The quantitative estimate of drug-likeness (QED) is 0.484. The summed E-state index contributed by atoms with van der Waals surface area (Å²) in [5.41, 5.74) is 6.15. The number of hydrogen-bond donors (Lipinski definition) is 1. The number of aryl methyl sites for hydroxylation is 3. The third-order valence-corrected chi connectivity index (χ3v) is 7.16. The van der Waals surface area contributed by atoms with Gasteiger partial charge in [-0.1, -0.05) is 60.2 Å². The average Bonchev–Trinajstić information content (AvgIpc) is 3.28. The maximum atomic E-state index is 12.9. The second kappa shape index (κ2) is 8.26. The fraction of sp³-hybridized carbons (Fsp3) is 0.241. The second-order valence-electron chi connectivity index (χ2n) is 9.31. The topological polar surface area (TPSA) is 58.4 Å². The van der Waals surface area contributed by atoms with Gasteiger partial charge in [-0.2, -0.15) is 0 Å². The Morgan fingerprint density at radius 3 is 2.32 bits per heavy atom. The number of anilines is 1. The first kappa shape index (κ1) is 22.1. The van der Waals surface area contributed by atoms with Crippen molar-refractivity contribution in [1.82, 2.24) is 9.55 Å². The van der Waals surface area contributed by atoms with Gasteiger partial charge in [-0.15, -0.1) is 0 Å². The zero-order valence-corrected chi connectivity index (χ0v) is 20.0. The molecular weight excluding hydrogens is 422 g/mol. The van der Waals surface area contributed by atoms with Gasteiger partial charge in [0.15, 0.2) is 5.60 Å². The van der Waals surface area contributed by atoms with Gasteiger partial charge in [0, 0.05) is 32.1 Å². The Bertz CT molecular complexity index is 1370. The Balaban J connectivity index is 1.75. The number of amides is 1. The second-order valence-corrected chi connectivity index (χ2v) is 9.31. The van der Waals surface area contributed by atoms with Crippen LogP contribution in [0.4, 0.5) is 5.69 Å². The molecule has 0 fully saturated rings. The lowest BCUT2D eigenvalue weighted by atomic mass is 9.77. The van der Waals surface area contributed by atoms with Crippen molar-refractivity contribution in [1.29, 1.82) is 0 Å². The molecule has 0 saturated heterocycles. The molecule has 5 heteroatoms. The van der Waals surface area contributed by atoms with E-state index in [0.717, 1.165) is 39.1 Å². The van der Waals surface area contributed by atoms with Crippen molar-refractivity contribution < 1.29 is 9.90 Å². The van der Waals surface area contributed by atoms with Crippen LogP contribution in [0, 0.1) is 13.8 Å². The number of benzene rings is 3. The van der Waals surface area contributed by atoms with E-state index in [9.17, 15) is 9.90 Å². The third-order valence-electron chi connectivity index (χ3n) is 7.16. The number of carbonyl (C=O) groups is 1. The number of rotatable bonds is 4. The normalized spacial score (nSPS) is 17.4. The van der Waals surface area contributed by atoms with Crippen LogP contribution in [-0.4, -0.2) is 27.6 Å². The molecule has 3 aromatic carbocycles. The first-order chi connectivity index (χ1) is 16.3. The van der Waals surface area contributed by atoms with E-state index >= 15 is 0 Å². The summed E-state index contributed by atoms with van der Waals surface area (Å²) in [4.78, 5) is 18.9. The van der Waals surface area contributed by atoms with E-state index in [0.29, 0.717) is 12.1 Å². The Morgan fingerprint density at radius 2 is 1.65 bits per heavy atom. The van der Waals surface area contributed by atoms with Gasteiger partial charge in [0.25, 0.3) is 0 Å².